The summed E-state index contributed by atoms with van der Waals surface area (Å²) in [6, 6.07) is 10.2. The number of esters is 1. The zero-order valence-electron chi connectivity index (χ0n) is 11.1. The Bertz CT molecular complexity index is 830. The van der Waals surface area contributed by atoms with Gasteiger partial charge in [-0.1, -0.05) is 23.7 Å². The van der Waals surface area contributed by atoms with Crippen molar-refractivity contribution in [2.45, 2.75) is 0 Å². The Morgan fingerprint density at radius 2 is 2.00 bits per heavy atom. The Kier molecular flexibility index (Phi) is 3.65. The van der Waals surface area contributed by atoms with Gasteiger partial charge in [-0.2, -0.15) is 0 Å². The molecule has 0 saturated carbocycles. The molecule has 2 aromatic carbocycles. The monoisotopic (exact) mass is 317 g/mol. The van der Waals surface area contributed by atoms with Gasteiger partial charge in [-0.25, -0.2) is 14.2 Å². The predicted molar refractivity (Wildman–Crippen MR) is 80.1 cm³/mol. The zero-order chi connectivity index (χ0) is 15.7. The topological polar surface area (TPSA) is 58.9 Å². The minimum atomic E-state index is -0.724. The summed E-state index contributed by atoms with van der Waals surface area (Å²) in [5.41, 5.74) is 0.364. The largest absolute Gasteiger partial charge is 0.507 e. The summed E-state index contributed by atoms with van der Waals surface area (Å²) in [5.74, 6) is -1.44. The average molecular weight is 318 g/mol. The number of nitrogens with zero attached hydrogens (tertiary/aromatic N) is 1. The second kappa shape index (κ2) is 5.61. The molecule has 110 valence electrons. The second-order valence-corrected chi connectivity index (χ2v) is 4.96. The van der Waals surface area contributed by atoms with Gasteiger partial charge in [0.15, 0.2) is 5.70 Å². The predicted octanol–water partition coefficient (Wildman–Crippen LogP) is 3.53. The Balaban J connectivity index is 2.02. The van der Waals surface area contributed by atoms with Crippen molar-refractivity contribution in [2.24, 2.45) is 4.99 Å². The molecule has 0 fully saturated rings. The van der Waals surface area contributed by atoms with E-state index in [1.807, 2.05) is 0 Å². The minimum Gasteiger partial charge on any atom is -0.507 e. The molecule has 0 unspecified atom stereocenters. The maximum Gasteiger partial charge on any atom is 0.363 e. The third kappa shape index (κ3) is 2.71. The Morgan fingerprint density at radius 1 is 1.23 bits per heavy atom. The van der Waals surface area contributed by atoms with Gasteiger partial charge in [0.2, 0.25) is 5.90 Å². The maximum absolute atomic E-state index is 13.7. The number of aliphatic imine (C=N–C) groups is 1. The van der Waals surface area contributed by atoms with E-state index in [9.17, 15) is 14.3 Å². The van der Waals surface area contributed by atoms with Gasteiger partial charge in [-0.15, -0.1) is 0 Å². The highest BCUT2D eigenvalue weighted by molar-refractivity contribution is 6.30. The summed E-state index contributed by atoms with van der Waals surface area (Å²) in [6.45, 7) is 0. The van der Waals surface area contributed by atoms with E-state index in [-0.39, 0.29) is 22.9 Å². The van der Waals surface area contributed by atoms with Crippen LogP contribution in [-0.4, -0.2) is 17.0 Å². The summed E-state index contributed by atoms with van der Waals surface area (Å²) in [6.07, 6.45) is 1.33. The van der Waals surface area contributed by atoms with Crippen LogP contribution in [-0.2, 0) is 9.53 Å². The number of carbonyl (C=O) groups is 1. The number of ether oxygens (including phenoxy) is 1. The van der Waals surface area contributed by atoms with Crippen LogP contribution in [0.5, 0.6) is 5.75 Å². The van der Waals surface area contributed by atoms with Gasteiger partial charge in [0, 0.05) is 10.6 Å². The number of halogens is 2. The SMILES string of the molecule is O=C1OC(c2ccccc2F)=NC1=Cc1cc(Cl)ccc1O. The smallest absolute Gasteiger partial charge is 0.363 e. The van der Waals surface area contributed by atoms with Gasteiger partial charge in [0.05, 0.1) is 5.56 Å². The van der Waals surface area contributed by atoms with Crippen molar-refractivity contribution >= 4 is 29.5 Å². The van der Waals surface area contributed by atoms with Gasteiger partial charge in [-0.05, 0) is 36.4 Å². The van der Waals surface area contributed by atoms with Crippen LogP contribution in [0, 0.1) is 5.82 Å². The standard InChI is InChI=1S/C16H9ClFNO3/c17-10-5-6-14(20)9(7-10)8-13-16(21)22-15(19-13)11-3-1-2-4-12(11)18/h1-8,20H. The number of rotatable bonds is 2. The van der Waals surface area contributed by atoms with Gasteiger partial charge in [-0.3, -0.25) is 0 Å². The number of cyclic esters (lactones) is 1. The van der Waals surface area contributed by atoms with Crippen LogP contribution in [0.25, 0.3) is 6.08 Å². The molecule has 3 rings (SSSR count). The molecule has 0 atom stereocenters. The number of phenols is 1. The molecule has 0 spiro atoms. The fraction of sp³-hybridized carbons (Fsp3) is 0. The first-order chi connectivity index (χ1) is 10.5. The average Bonchev–Trinajstić information content (AvgIpc) is 2.84. The summed E-state index contributed by atoms with van der Waals surface area (Å²) >= 11 is 5.84. The molecule has 22 heavy (non-hydrogen) atoms. The van der Waals surface area contributed by atoms with Crippen LogP contribution in [0.1, 0.15) is 11.1 Å². The first-order valence-electron chi connectivity index (χ1n) is 6.30. The molecular formula is C16H9ClFNO3. The molecule has 6 heteroatoms. The van der Waals surface area contributed by atoms with E-state index in [4.69, 9.17) is 16.3 Å². The molecule has 4 nitrogen and oxygen atoms in total. The van der Waals surface area contributed by atoms with Crippen molar-refractivity contribution in [3.05, 3.63) is 70.1 Å². The van der Waals surface area contributed by atoms with Crippen LogP contribution >= 0.6 is 11.6 Å². The van der Waals surface area contributed by atoms with Crippen LogP contribution in [0.4, 0.5) is 4.39 Å². The van der Waals surface area contributed by atoms with Crippen molar-refractivity contribution in [1.29, 1.82) is 0 Å². The molecule has 1 aliphatic rings. The molecule has 2 aromatic rings. The van der Waals surface area contributed by atoms with E-state index in [1.54, 1.807) is 6.07 Å². The first-order valence-corrected chi connectivity index (χ1v) is 6.68. The normalized spacial score (nSPS) is 15.8. The van der Waals surface area contributed by atoms with Gasteiger partial charge >= 0.3 is 5.97 Å². The third-order valence-electron chi connectivity index (χ3n) is 3.01. The highest BCUT2D eigenvalue weighted by atomic mass is 35.5. The third-order valence-corrected chi connectivity index (χ3v) is 3.24. The van der Waals surface area contributed by atoms with E-state index >= 15 is 0 Å². The molecule has 1 heterocycles. The van der Waals surface area contributed by atoms with Crippen LogP contribution < -0.4 is 0 Å². The van der Waals surface area contributed by atoms with Crippen molar-refractivity contribution in [3.8, 4) is 5.75 Å². The lowest BCUT2D eigenvalue weighted by Gasteiger charge is -1.99. The number of aromatic hydroxyl groups is 1. The molecule has 0 aromatic heterocycles. The number of hydrogen-bond acceptors (Lipinski definition) is 4. The summed E-state index contributed by atoms with van der Waals surface area (Å²) in [7, 11) is 0. The van der Waals surface area contributed by atoms with Gasteiger partial charge in [0.25, 0.3) is 0 Å². The minimum absolute atomic E-state index is 0.0455. The molecular weight excluding hydrogens is 309 g/mol. The quantitative estimate of drug-likeness (QED) is 0.681. The fourth-order valence-corrected chi connectivity index (χ4v) is 2.13. The van der Waals surface area contributed by atoms with Crippen molar-refractivity contribution in [1.82, 2.24) is 0 Å². The molecule has 1 N–H and O–H groups in total. The van der Waals surface area contributed by atoms with Gasteiger partial charge in [0.1, 0.15) is 11.6 Å². The van der Waals surface area contributed by atoms with Crippen molar-refractivity contribution in [2.75, 3.05) is 0 Å². The number of benzene rings is 2. The highest BCUT2D eigenvalue weighted by Crippen LogP contribution is 2.26. The lowest BCUT2D eigenvalue weighted by Crippen LogP contribution is -2.07. The fourth-order valence-electron chi connectivity index (χ4n) is 1.95. The van der Waals surface area contributed by atoms with E-state index in [1.165, 1.54) is 42.5 Å². The van der Waals surface area contributed by atoms with Crippen molar-refractivity contribution in [3.63, 3.8) is 0 Å². The Labute approximate surface area is 130 Å². The summed E-state index contributed by atoms with van der Waals surface area (Å²) < 4.78 is 18.7. The highest BCUT2D eigenvalue weighted by Gasteiger charge is 2.26. The molecule has 0 aliphatic carbocycles. The molecule has 1 aliphatic heterocycles. The Hall–Kier alpha value is -2.66. The molecule has 0 bridgehead atoms. The number of hydrogen-bond donors (Lipinski definition) is 1. The van der Waals surface area contributed by atoms with E-state index in [0.29, 0.717) is 10.6 Å². The van der Waals surface area contributed by atoms with E-state index in [0.717, 1.165) is 0 Å². The molecule has 0 saturated heterocycles. The van der Waals surface area contributed by atoms with E-state index < -0.39 is 11.8 Å². The maximum atomic E-state index is 13.7. The number of carbonyl (C=O) groups excluding carboxylic acids is 1. The van der Waals surface area contributed by atoms with Crippen LogP contribution in [0.2, 0.25) is 5.02 Å². The van der Waals surface area contributed by atoms with Crippen molar-refractivity contribution < 1.29 is 19.0 Å². The summed E-state index contributed by atoms with van der Waals surface area (Å²) in [4.78, 5) is 15.8. The second-order valence-electron chi connectivity index (χ2n) is 4.52. The van der Waals surface area contributed by atoms with Gasteiger partial charge < -0.3 is 9.84 Å². The first kappa shape index (κ1) is 14.3. The van der Waals surface area contributed by atoms with E-state index in [2.05, 4.69) is 4.99 Å². The Morgan fingerprint density at radius 3 is 2.77 bits per heavy atom. The lowest BCUT2D eigenvalue weighted by molar-refractivity contribution is -0.129. The van der Waals surface area contributed by atoms with Crippen LogP contribution in [0.3, 0.4) is 0 Å². The lowest BCUT2D eigenvalue weighted by atomic mass is 10.1. The summed E-state index contributed by atoms with van der Waals surface area (Å²) in [5, 5.41) is 10.1. The number of phenolic OH excluding ortho intramolecular Hbond substituents is 1. The molecule has 0 radical (unpaired) electrons. The zero-order valence-corrected chi connectivity index (χ0v) is 11.8. The van der Waals surface area contributed by atoms with Crippen LogP contribution in [0.15, 0.2) is 53.2 Å². The molecule has 0 amide bonds.